The van der Waals surface area contributed by atoms with Crippen molar-refractivity contribution in [1.82, 2.24) is 0 Å². The third-order valence-electron chi connectivity index (χ3n) is 5.06. The molecule has 44 heteroatoms. The summed E-state index contributed by atoms with van der Waals surface area (Å²) in [5, 5.41) is 113. The van der Waals surface area contributed by atoms with Gasteiger partial charge in [-0.3, -0.25) is 33.6 Å². The number of carboxylic acids is 9. The molecule has 0 aliphatic heterocycles. The number of aromatic hydroxyl groups is 1. The molecule has 0 aromatic heterocycles. The summed E-state index contributed by atoms with van der Waals surface area (Å²) in [5.74, 6) is -15.1. The number of phenols is 1. The number of hydrogen-bond donors (Lipinski definition) is 14. The average Bonchev–Trinajstić information content (AvgIpc) is 3.11. The summed E-state index contributed by atoms with van der Waals surface area (Å²) in [6.07, 6.45) is -1.23. The monoisotopic (exact) mass is 2400 g/mol. The van der Waals surface area contributed by atoms with Gasteiger partial charge in [0.2, 0.25) is 0 Å². The Hall–Kier alpha value is -1.65. The van der Waals surface area contributed by atoms with Gasteiger partial charge in [0.05, 0.1) is 37.6 Å². The molecule has 0 fully saturated rings. The molecule has 1 aromatic carbocycles. The second-order valence-electron chi connectivity index (χ2n) is 9.90. The van der Waals surface area contributed by atoms with Gasteiger partial charge in [-0.15, -0.1) is 0 Å². The number of aliphatic carboxylic acids is 8. The molecule has 488 valence electrons. The van der Waals surface area contributed by atoms with E-state index < -0.39 is 89.4 Å². The Morgan fingerprint density at radius 2 is 0.513 bits per heavy atom. The Labute approximate surface area is 543 Å². The molecular weight excluding hydrogens is 2310 g/mol. The first-order valence-corrected chi connectivity index (χ1v) is 15.4. The molecule has 0 amide bonds. The van der Waals surface area contributed by atoms with Crippen LogP contribution in [0.5, 0.6) is 5.75 Å². The molecule has 37 nitrogen and oxygen atoms in total. The molecule has 0 radical (unpaired) electrons. The second-order valence-corrected chi connectivity index (χ2v) is 9.90. The Kier molecular flexibility index (Phi) is 296. The number of hydrogen-bond acceptors (Lipinski definition) is 14. The van der Waals surface area contributed by atoms with E-state index in [0.717, 1.165) is 13.8 Å². The molecular formula is C32H82N14O23Pt7. The Bertz CT molecular complexity index is 1250. The molecule has 42 N–H and O–H groups in total. The topological polar surface area (TPSA) is 906 Å². The van der Waals surface area contributed by atoms with E-state index in [1.54, 1.807) is 12.1 Å². The molecule has 0 saturated carbocycles. The first kappa shape index (κ1) is 186. The molecule has 0 aliphatic rings. The Morgan fingerprint density at radius 3 is 0.566 bits per heavy atom. The maximum Gasteiger partial charge on any atom is 2.00 e. The molecule has 0 spiro atoms. The van der Waals surface area contributed by atoms with Crippen LogP contribution in [0.2, 0.25) is 0 Å². The standard InChI is InChI=1S/C7H6O3.2C4H6O4.3C4H8O3.C3H6O3.C2H6.14H2N.7Pt/c8-6-4-2-1-3-5(6)7(9)10;2*1-2(3(5)6)4(7)8;3*1-3(2-5)4(6)7;1-2(4)3(5)6;1-2;;;;;;;;;;;;;;;;;;;;;/h1-4,8H,(H,9,10);2*2H,1H3,(H,5,6)(H,7,8);3*3,5H,2H2,1H3,(H,6,7);2,4H,1H3,(H,5,6);1-2H3;14*1H2;;;;;;;/q;;;;;;;;14*-1;7*+2. The summed E-state index contributed by atoms with van der Waals surface area (Å²) in [6, 6.07) is 5.81. The van der Waals surface area contributed by atoms with Crippen molar-refractivity contribution in [2.75, 3.05) is 19.8 Å². The predicted octanol–water partition coefficient (Wildman–Crippen LogP) is 10.3. The molecule has 0 heterocycles. The van der Waals surface area contributed by atoms with Crippen molar-refractivity contribution >= 4 is 53.7 Å². The van der Waals surface area contributed by atoms with Crippen LogP contribution in [0.15, 0.2) is 24.3 Å². The first-order chi connectivity index (χ1) is 25.0. The van der Waals surface area contributed by atoms with Crippen LogP contribution in [-0.2, 0) is 186 Å². The van der Waals surface area contributed by atoms with Crippen LogP contribution in [-0.4, -0.2) is 151 Å². The fourth-order valence-corrected chi connectivity index (χ4v) is 1.10. The molecule has 0 bridgehead atoms. The van der Waals surface area contributed by atoms with Gasteiger partial charge in [0, 0.05) is 0 Å². The van der Waals surface area contributed by atoms with Gasteiger partial charge in [-0.2, -0.15) is 0 Å². The number of aliphatic hydroxyl groups excluding tert-OH is 4. The van der Waals surface area contributed by atoms with Crippen LogP contribution in [0.1, 0.15) is 65.7 Å². The van der Waals surface area contributed by atoms with Crippen LogP contribution in [0.25, 0.3) is 86.1 Å². The van der Waals surface area contributed by atoms with Gasteiger partial charge in [0.25, 0.3) is 0 Å². The van der Waals surface area contributed by atoms with E-state index >= 15 is 0 Å². The molecule has 1 rings (SSSR count). The fraction of sp³-hybridized carbons (Fsp3) is 0.531. The van der Waals surface area contributed by atoms with E-state index in [1.807, 2.05) is 13.8 Å². The largest absolute Gasteiger partial charge is 2.00 e. The minimum absolute atomic E-state index is 0. The van der Waals surface area contributed by atoms with E-state index in [1.165, 1.54) is 39.8 Å². The maximum absolute atomic E-state index is 10.3. The number of nitrogens with two attached hydrogens (primary N) is 14. The van der Waals surface area contributed by atoms with Gasteiger partial charge < -0.3 is 158 Å². The van der Waals surface area contributed by atoms with Crippen LogP contribution in [0.3, 0.4) is 0 Å². The van der Waals surface area contributed by atoms with E-state index in [0.29, 0.717) is 0 Å². The Morgan fingerprint density at radius 1 is 0.355 bits per heavy atom. The van der Waals surface area contributed by atoms with Crippen molar-refractivity contribution in [3.63, 3.8) is 0 Å². The van der Waals surface area contributed by atoms with Crippen molar-refractivity contribution in [3.05, 3.63) is 116 Å². The number of carboxylic acid groups (broad SMARTS) is 9. The molecule has 1 aromatic rings. The van der Waals surface area contributed by atoms with Crippen LogP contribution in [0.4, 0.5) is 0 Å². The van der Waals surface area contributed by atoms with Gasteiger partial charge in [-0.25, -0.2) is 9.59 Å². The zero-order chi connectivity index (χ0) is 45.8. The molecule has 76 heavy (non-hydrogen) atoms. The van der Waals surface area contributed by atoms with Crippen LogP contribution >= 0.6 is 0 Å². The quantitative estimate of drug-likeness (QED) is 0.0865. The van der Waals surface area contributed by atoms with Crippen LogP contribution < -0.4 is 0 Å². The summed E-state index contributed by atoms with van der Waals surface area (Å²) in [6.45, 7) is 10.9. The second kappa shape index (κ2) is 121. The van der Waals surface area contributed by atoms with Gasteiger partial charge in [0.15, 0.2) is 11.8 Å². The zero-order valence-corrected chi connectivity index (χ0v) is 57.5. The van der Waals surface area contributed by atoms with Crippen molar-refractivity contribution in [1.29, 1.82) is 0 Å². The SMILES string of the molecule is CC.CC(C(=O)O)C(=O)O.CC(C(=O)O)C(=O)O.CC(CO)C(=O)O.CC(CO)C(=O)O.CC(CO)C(=O)O.CC(O)C(=O)O.O=C(O)c1ccccc1O.[NH2-].[NH2-].[NH2-].[NH2-].[NH2-].[NH2-].[NH2-].[NH2-].[NH2-].[NH2-].[NH2-].[NH2-].[NH2-].[NH2-].[Pt+2].[Pt+2].[Pt+2].[Pt+2].[Pt+2].[Pt+2].[Pt+2]. The number of aromatic carboxylic acids is 1. The summed E-state index contributed by atoms with van der Waals surface area (Å²) in [4.78, 5) is 88.1. The third-order valence-corrected chi connectivity index (χ3v) is 5.06. The van der Waals surface area contributed by atoms with E-state index in [2.05, 4.69) is 0 Å². The van der Waals surface area contributed by atoms with Crippen LogP contribution in [0, 0.1) is 29.6 Å². The molecule has 4 atom stereocenters. The molecule has 0 aliphatic carbocycles. The smallest absolute Gasteiger partial charge is 0.693 e. The normalized spacial score (nSPS) is 8.03. The molecule has 0 saturated heterocycles. The van der Waals surface area contributed by atoms with E-state index in [9.17, 15) is 43.2 Å². The van der Waals surface area contributed by atoms with Gasteiger partial charge >= 0.3 is 201 Å². The maximum atomic E-state index is 10.3. The Balaban J connectivity index is -0.0000000130. The van der Waals surface area contributed by atoms with Crippen molar-refractivity contribution < 1.29 is 262 Å². The third kappa shape index (κ3) is 140. The molecule has 4 unspecified atom stereocenters. The number of rotatable bonds is 12. The van der Waals surface area contributed by atoms with Crippen molar-refractivity contribution in [3.8, 4) is 5.75 Å². The van der Waals surface area contributed by atoms with E-state index in [4.69, 9.17) is 71.5 Å². The van der Waals surface area contributed by atoms with Gasteiger partial charge in [-0.05, 0) is 53.7 Å². The van der Waals surface area contributed by atoms with Crippen molar-refractivity contribution in [2.24, 2.45) is 29.6 Å². The summed E-state index contributed by atoms with van der Waals surface area (Å²) >= 11 is 0. The zero-order valence-electron chi connectivity index (χ0n) is 41.6. The summed E-state index contributed by atoms with van der Waals surface area (Å²) in [5.41, 5.74) is -0.0671. The number of aliphatic hydroxyl groups is 4. The summed E-state index contributed by atoms with van der Waals surface area (Å²) < 4.78 is 0. The average molecular weight is 2400 g/mol. The van der Waals surface area contributed by atoms with Gasteiger partial charge in [-0.1, -0.05) is 26.0 Å². The van der Waals surface area contributed by atoms with Gasteiger partial charge in [0.1, 0.15) is 17.4 Å². The minimum atomic E-state index is -1.31. The fourth-order valence-electron chi connectivity index (χ4n) is 1.10. The van der Waals surface area contributed by atoms with E-state index in [-0.39, 0.29) is 265 Å². The minimum Gasteiger partial charge on any atom is -0.693 e. The number of carbonyl (C=O) groups is 9. The van der Waals surface area contributed by atoms with Crippen molar-refractivity contribution in [2.45, 2.75) is 61.5 Å². The number of benzene rings is 1. The predicted molar refractivity (Wildman–Crippen MR) is 260 cm³/mol. The first-order valence-electron chi connectivity index (χ1n) is 15.4. The summed E-state index contributed by atoms with van der Waals surface area (Å²) in [7, 11) is 0. The number of para-hydroxylation sites is 1.